The molecule has 4 atom stereocenters. The lowest BCUT2D eigenvalue weighted by atomic mass is 9.89. The Morgan fingerprint density at radius 3 is 2.72 bits per heavy atom. The molecule has 5 N–H and O–H groups in total. The summed E-state index contributed by atoms with van der Waals surface area (Å²) in [6.45, 7) is 0.343. The molecule has 10 nitrogen and oxygen atoms in total. The van der Waals surface area contributed by atoms with Crippen molar-refractivity contribution in [3.8, 4) is 0 Å². The molecule has 0 spiro atoms. The second-order valence-electron chi connectivity index (χ2n) is 9.25. The van der Waals surface area contributed by atoms with Gasteiger partial charge in [0, 0.05) is 37.7 Å². The minimum atomic E-state index is -0.795. The van der Waals surface area contributed by atoms with Gasteiger partial charge < -0.3 is 26.3 Å². The van der Waals surface area contributed by atoms with Crippen LogP contribution in [0.5, 0.6) is 0 Å². The first-order valence-corrected chi connectivity index (χ1v) is 13.2. The van der Waals surface area contributed by atoms with Crippen molar-refractivity contribution in [3.05, 3.63) is 54.1 Å². The highest BCUT2D eigenvalue weighted by atomic mass is 32.2. The molecule has 0 saturated carbocycles. The lowest BCUT2D eigenvalue weighted by molar-refractivity contribution is -0.146. The van der Waals surface area contributed by atoms with E-state index in [1.54, 1.807) is 40.7 Å². The number of carbonyl (C=O) groups is 3. The number of carbonyl (C=O) groups excluding carboxylic acids is 3. The second kappa shape index (κ2) is 11.6. The first-order valence-electron chi connectivity index (χ1n) is 12.2. The predicted molar refractivity (Wildman–Crippen MR) is 139 cm³/mol. The smallest absolute Gasteiger partial charge is 0.244 e. The number of hydrogen-bond donors (Lipinski definition) is 3. The Morgan fingerprint density at radius 1 is 1.25 bits per heavy atom. The Bertz CT molecular complexity index is 1120. The number of thioether (sulfide) groups is 1. The Labute approximate surface area is 214 Å². The van der Waals surface area contributed by atoms with E-state index in [9.17, 15) is 14.4 Å². The number of piperidine rings is 1. The zero-order valence-corrected chi connectivity index (χ0v) is 21.2. The summed E-state index contributed by atoms with van der Waals surface area (Å²) in [5.41, 5.74) is 11.9. The van der Waals surface area contributed by atoms with Gasteiger partial charge in [-0.1, -0.05) is 30.3 Å². The number of imidazole rings is 1. The van der Waals surface area contributed by atoms with Crippen molar-refractivity contribution in [1.29, 1.82) is 0 Å². The van der Waals surface area contributed by atoms with Gasteiger partial charge in [-0.25, -0.2) is 4.98 Å². The number of fused-ring (bicyclic) bond motifs is 1. The summed E-state index contributed by atoms with van der Waals surface area (Å²) in [7, 11) is 1.73. The van der Waals surface area contributed by atoms with Crippen LogP contribution < -0.4 is 16.8 Å². The average Bonchev–Trinajstić information content (AvgIpc) is 3.49. The van der Waals surface area contributed by atoms with E-state index in [-0.39, 0.29) is 40.7 Å². The van der Waals surface area contributed by atoms with E-state index in [0.717, 1.165) is 18.4 Å². The number of amides is 2. The quantitative estimate of drug-likeness (QED) is 0.187. The number of benzene rings is 1. The van der Waals surface area contributed by atoms with Crippen LogP contribution in [0.2, 0.25) is 0 Å². The molecule has 36 heavy (non-hydrogen) atoms. The number of hydrogen-bond acceptors (Lipinski definition) is 6. The molecule has 11 heteroatoms. The number of nitrogens with zero attached hydrogens (tertiary/aromatic N) is 4. The van der Waals surface area contributed by atoms with Gasteiger partial charge in [-0.05, 0) is 37.7 Å². The van der Waals surface area contributed by atoms with Crippen LogP contribution in [0.4, 0.5) is 0 Å². The maximum absolute atomic E-state index is 13.5. The minimum Gasteiger partial charge on any atom is -0.370 e. The van der Waals surface area contributed by atoms with Crippen molar-refractivity contribution in [2.45, 2.75) is 49.6 Å². The fourth-order valence-corrected chi connectivity index (χ4v) is 6.28. The summed E-state index contributed by atoms with van der Waals surface area (Å²) in [4.78, 5) is 50.0. The van der Waals surface area contributed by atoms with E-state index >= 15 is 0 Å². The summed E-state index contributed by atoms with van der Waals surface area (Å²) in [6.07, 6.45) is 6.40. The third-order valence-electron chi connectivity index (χ3n) is 6.71. The van der Waals surface area contributed by atoms with Crippen LogP contribution in [-0.2, 0) is 23.1 Å². The molecule has 2 aliphatic heterocycles. The summed E-state index contributed by atoms with van der Waals surface area (Å²) >= 11 is 1.63. The van der Waals surface area contributed by atoms with Gasteiger partial charge in [-0.15, -0.1) is 11.8 Å². The summed E-state index contributed by atoms with van der Waals surface area (Å²) in [5.74, 6) is 0.0222. The molecule has 4 rings (SSSR count). The number of aryl methyl sites for hydroxylation is 1. The van der Waals surface area contributed by atoms with Gasteiger partial charge in [0.2, 0.25) is 17.6 Å². The standard InChI is InChI=1S/C25H33N7O3S/c1-31-13-12-28-22(31)21(33)18(8-5-11-29-25(26)27)30-23(34)19-15-36-20-10-9-17(24(35)32(19)20)14-16-6-3-2-4-7-16/h2-4,6-7,12-13,17-20H,5,8-11,14-15H2,1H3,(H,30,34)(H4,26,27,29)/t17?,18?,19-,20?/m0/s1. The molecule has 3 heterocycles. The molecule has 3 unspecified atom stereocenters. The van der Waals surface area contributed by atoms with Gasteiger partial charge in [0.1, 0.15) is 6.04 Å². The number of Topliss-reactive ketones (excluding diaryl/α,β-unsaturated/α-hetero) is 1. The normalized spacial score (nSPS) is 22.1. The molecule has 2 aliphatic rings. The molecule has 0 aliphatic carbocycles. The van der Waals surface area contributed by atoms with Gasteiger partial charge in [0.15, 0.2) is 11.8 Å². The number of nitrogens with two attached hydrogens (primary N) is 2. The molecule has 2 saturated heterocycles. The number of aromatic nitrogens is 2. The Morgan fingerprint density at radius 2 is 2.03 bits per heavy atom. The van der Waals surface area contributed by atoms with Crippen molar-refractivity contribution < 1.29 is 14.4 Å². The molecular formula is C25H33N7O3S. The first-order chi connectivity index (χ1) is 17.3. The van der Waals surface area contributed by atoms with E-state index in [1.807, 2.05) is 30.3 Å². The molecule has 1 aromatic heterocycles. The summed E-state index contributed by atoms with van der Waals surface area (Å²) in [6, 6.07) is 8.55. The summed E-state index contributed by atoms with van der Waals surface area (Å²) < 4.78 is 1.63. The van der Waals surface area contributed by atoms with Gasteiger partial charge in [-0.3, -0.25) is 19.4 Å². The minimum absolute atomic E-state index is 0.00849. The fourth-order valence-electron chi connectivity index (χ4n) is 4.85. The molecule has 2 aromatic rings. The van der Waals surface area contributed by atoms with Crippen molar-refractivity contribution >= 4 is 35.3 Å². The van der Waals surface area contributed by atoms with Crippen LogP contribution in [0.25, 0.3) is 0 Å². The topological polar surface area (TPSA) is 149 Å². The van der Waals surface area contributed by atoms with Crippen LogP contribution in [-0.4, -0.2) is 67.8 Å². The third kappa shape index (κ3) is 5.89. The van der Waals surface area contributed by atoms with Crippen molar-refractivity contribution in [1.82, 2.24) is 19.8 Å². The Balaban J connectivity index is 1.46. The average molecular weight is 512 g/mol. The zero-order chi connectivity index (χ0) is 25.7. The van der Waals surface area contributed by atoms with E-state index in [1.165, 1.54) is 0 Å². The van der Waals surface area contributed by atoms with Crippen molar-refractivity contribution in [2.24, 2.45) is 29.4 Å². The SMILES string of the molecule is Cn1ccnc1C(=O)C(CCCN=C(N)N)NC(=O)[C@@H]1CSC2CCC(Cc3ccccc3)C(=O)N21. The van der Waals surface area contributed by atoms with Crippen LogP contribution in [0.3, 0.4) is 0 Å². The van der Waals surface area contributed by atoms with E-state index in [4.69, 9.17) is 11.5 Å². The third-order valence-corrected chi connectivity index (χ3v) is 8.06. The molecule has 2 fully saturated rings. The maximum Gasteiger partial charge on any atom is 0.244 e. The zero-order valence-electron chi connectivity index (χ0n) is 20.4. The first kappa shape index (κ1) is 25.7. The molecule has 1 aromatic carbocycles. The van der Waals surface area contributed by atoms with Gasteiger partial charge >= 0.3 is 0 Å². The highest BCUT2D eigenvalue weighted by molar-refractivity contribution is 8.00. The lowest BCUT2D eigenvalue weighted by Crippen LogP contribution is -2.56. The van der Waals surface area contributed by atoms with Crippen molar-refractivity contribution in [3.63, 3.8) is 0 Å². The molecule has 0 radical (unpaired) electrons. The molecule has 0 bridgehead atoms. The molecular weight excluding hydrogens is 478 g/mol. The molecule has 192 valence electrons. The van der Waals surface area contributed by atoms with Crippen LogP contribution in [0, 0.1) is 5.92 Å². The monoisotopic (exact) mass is 511 g/mol. The number of guanidine groups is 1. The lowest BCUT2D eigenvalue weighted by Gasteiger charge is -2.37. The fraction of sp³-hybridized carbons (Fsp3) is 0.480. The predicted octanol–water partition coefficient (Wildman–Crippen LogP) is 1.06. The van der Waals surface area contributed by atoms with Crippen LogP contribution in [0.15, 0.2) is 47.7 Å². The number of rotatable bonds is 10. The van der Waals surface area contributed by atoms with Gasteiger partial charge in [-0.2, -0.15) is 0 Å². The highest BCUT2D eigenvalue weighted by Gasteiger charge is 2.47. The van der Waals surface area contributed by atoms with Crippen LogP contribution >= 0.6 is 11.8 Å². The number of aliphatic imine (C=N–C) groups is 1. The maximum atomic E-state index is 13.5. The van der Waals surface area contributed by atoms with Gasteiger partial charge in [0.25, 0.3) is 0 Å². The number of nitrogens with one attached hydrogen (secondary N) is 1. The second-order valence-corrected chi connectivity index (χ2v) is 10.5. The van der Waals surface area contributed by atoms with Crippen molar-refractivity contribution in [2.75, 3.05) is 12.3 Å². The van der Waals surface area contributed by atoms with E-state index < -0.39 is 12.1 Å². The highest BCUT2D eigenvalue weighted by Crippen LogP contribution is 2.39. The number of ketones is 1. The Hall–Kier alpha value is -3.34. The molecule has 2 amide bonds. The summed E-state index contributed by atoms with van der Waals surface area (Å²) in [5, 5.41) is 2.91. The van der Waals surface area contributed by atoms with E-state index in [2.05, 4.69) is 15.3 Å². The van der Waals surface area contributed by atoms with Crippen LogP contribution in [0.1, 0.15) is 41.9 Å². The largest absolute Gasteiger partial charge is 0.370 e. The Kier molecular flexibility index (Phi) is 8.29. The van der Waals surface area contributed by atoms with E-state index in [0.29, 0.717) is 31.6 Å². The van der Waals surface area contributed by atoms with Gasteiger partial charge in [0.05, 0.1) is 11.4 Å².